The molecule has 0 amide bonds. The van der Waals surface area contributed by atoms with Crippen molar-refractivity contribution >= 4 is 0 Å². The molecular formula is C30H56NO2+. The lowest BCUT2D eigenvalue weighted by atomic mass is 9.96. The van der Waals surface area contributed by atoms with Crippen LogP contribution in [0.3, 0.4) is 0 Å². The van der Waals surface area contributed by atoms with Gasteiger partial charge in [-0.15, -0.1) is 0 Å². The van der Waals surface area contributed by atoms with Crippen LogP contribution in [-0.2, 0) is 0 Å². The fourth-order valence-electron chi connectivity index (χ4n) is 5.28. The van der Waals surface area contributed by atoms with Gasteiger partial charge in [0.15, 0.2) is 0 Å². The topological polar surface area (TPSA) is 40.5 Å². The first-order valence-electron chi connectivity index (χ1n) is 14.3. The van der Waals surface area contributed by atoms with E-state index in [-0.39, 0.29) is 13.2 Å². The molecule has 0 saturated carbocycles. The first-order valence-corrected chi connectivity index (χ1v) is 14.3. The molecule has 0 heterocycles. The number of nitrogens with zero attached hydrogens (tertiary/aromatic N) is 1. The highest BCUT2D eigenvalue weighted by molar-refractivity contribution is 5.17. The Kier molecular flexibility index (Phi) is 18.7. The molecule has 0 radical (unpaired) electrons. The lowest BCUT2D eigenvalue weighted by Gasteiger charge is -2.41. The fourth-order valence-corrected chi connectivity index (χ4v) is 5.28. The third-order valence-electron chi connectivity index (χ3n) is 7.49. The molecule has 0 spiro atoms. The number of rotatable bonds is 23. The van der Waals surface area contributed by atoms with Crippen LogP contribution in [0.25, 0.3) is 0 Å². The van der Waals surface area contributed by atoms with E-state index in [4.69, 9.17) is 0 Å². The second-order valence-corrected chi connectivity index (χ2v) is 10.4. The first-order chi connectivity index (χ1) is 16.2. The molecule has 2 N–H and O–H groups in total. The highest BCUT2D eigenvalue weighted by Crippen LogP contribution is 2.32. The summed E-state index contributed by atoms with van der Waals surface area (Å²) >= 11 is 0. The minimum absolute atomic E-state index is 0.165. The predicted octanol–water partition coefficient (Wildman–Crippen LogP) is 7.81. The van der Waals surface area contributed by atoms with Gasteiger partial charge in [-0.1, -0.05) is 134 Å². The second-order valence-electron chi connectivity index (χ2n) is 10.4. The van der Waals surface area contributed by atoms with Crippen LogP contribution in [0.4, 0.5) is 0 Å². The van der Waals surface area contributed by atoms with Crippen molar-refractivity contribution in [3.05, 3.63) is 35.9 Å². The Hall–Kier alpha value is -0.900. The third-order valence-corrected chi connectivity index (χ3v) is 7.49. The number of benzene rings is 1. The molecule has 1 atom stereocenters. The van der Waals surface area contributed by atoms with Crippen molar-refractivity contribution in [2.45, 2.75) is 122 Å². The summed E-state index contributed by atoms with van der Waals surface area (Å²) in [7, 11) is 2.19. The zero-order chi connectivity index (χ0) is 24.0. The molecule has 1 rings (SSSR count). The second kappa shape index (κ2) is 20.5. The molecule has 0 aliphatic carbocycles. The van der Waals surface area contributed by atoms with Gasteiger partial charge in [-0.25, -0.2) is 0 Å². The molecular weight excluding hydrogens is 406 g/mol. The average molecular weight is 463 g/mol. The maximum absolute atomic E-state index is 9.64. The molecule has 0 aromatic heterocycles. The molecule has 0 bridgehead atoms. The monoisotopic (exact) mass is 462 g/mol. The molecule has 3 nitrogen and oxygen atoms in total. The van der Waals surface area contributed by atoms with Crippen molar-refractivity contribution < 1.29 is 14.7 Å². The van der Waals surface area contributed by atoms with Gasteiger partial charge in [0.2, 0.25) is 0 Å². The van der Waals surface area contributed by atoms with Crippen LogP contribution in [0.2, 0.25) is 0 Å². The molecule has 1 unspecified atom stereocenters. The van der Waals surface area contributed by atoms with Crippen molar-refractivity contribution in [3.63, 3.8) is 0 Å². The van der Waals surface area contributed by atoms with E-state index in [0.29, 0.717) is 19.1 Å². The van der Waals surface area contributed by atoms with E-state index in [2.05, 4.69) is 44.3 Å². The summed E-state index contributed by atoms with van der Waals surface area (Å²) < 4.78 is 0.718. The van der Waals surface area contributed by atoms with Crippen LogP contribution in [-0.4, -0.2) is 48.0 Å². The predicted molar refractivity (Wildman–Crippen MR) is 143 cm³/mol. The summed E-state index contributed by atoms with van der Waals surface area (Å²) in [6.45, 7) is 4.01. The SMILES string of the molecule is CCCCCCCCCCCCCCCCCCC(c1ccccc1)[N+](C)(CCO)CCO. The molecule has 1 aromatic rings. The summed E-state index contributed by atoms with van der Waals surface area (Å²) in [6, 6.07) is 11.1. The van der Waals surface area contributed by atoms with E-state index < -0.39 is 0 Å². The molecule has 33 heavy (non-hydrogen) atoms. The Morgan fingerprint density at radius 2 is 1.00 bits per heavy atom. The Morgan fingerprint density at radius 3 is 1.39 bits per heavy atom. The quantitative estimate of drug-likeness (QED) is 0.129. The van der Waals surface area contributed by atoms with E-state index in [1.807, 2.05) is 0 Å². The van der Waals surface area contributed by atoms with Crippen LogP contribution in [0.1, 0.15) is 128 Å². The maximum Gasteiger partial charge on any atom is 0.115 e. The Labute approximate surface area is 206 Å². The minimum atomic E-state index is 0.165. The number of quaternary nitrogens is 1. The van der Waals surface area contributed by atoms with E-state index in [9.17, 15) is 10.2 Å². The van der Waals surface area contributed by atoms with Gasteiger partial charge < -0.3 is 14.7 Å². The van der Waals surface area contributed by atoms with Gasteiger partial charge in [0.1, 0.15) is 19.1 Å². The van der Waals surface area contributed by atoms with Crippen LogP contribution in [0.15, 0.2) is 30.3 Å². The number of aliphatic hydroxyl groups excluding tert-OH is 2. The summed E-state index contributed by atoms with van der Waals surface area (Å²) in [4.78, 5) is 0. The van der Waals surface area contributed by atoms with Crippen LogP contribution in [0.5, 0.6) is 0 Å². The molecule has 1 aromatic carbocycles. The van der Waals surface area contributed by atoms with Crippen molar-refractivity contribution in [1.29, 1.82) is 0 Å². The largest absolute Gasteiger partial charge is 0.391 e. The molecule has 0 saturated heterocycles. The number of hydrogen-bond acceptors (Lipinski definition) is 2. The van der Waals surface area contributed by atoms with E-state index in [1.54, 1.807) is 0 Å². The van der Waals surface area contributed by atoms with Gasteiger partial charge in [-0.05, 0) is 6.42 Å². The molecule has 0 aliphatic rings. The minimum Gasteiger partial charge on any atom is -0.391 e. The van der Waals surface area contributed by atoms with Crippen LogP contribution >= 0.6 is 0 Å². The van der Waals surface area contributed by atoms with Gasteiger partial charge in [-0.2, -0.15) is 0 Å². The molecule has 192 valence electrons. The van der Waals surface area contributed by atoms with Gasteiger partial charge in [0.25, 0.3) is 0 Å². The number of likely N-dealkylation sites (N-methyl/N-ethyl adjacent to an activating group) is 1. The van der Waals surface area contributed by atoms with Gasteiger partial charge in [0.05, 0.1) is 20.3 Å². The lowest BCUT2D eigenvalue weighted by molar-refractivity contribution is -0.940. The summed E-state index contributed by atoms with van der Waals surface area (Å²) in [5, 5.41) is 19.3. The normalized spacial score (nSPS) is 12.8. The van der Waals surface area contributed by atoms with Crippen molar-refractivity contribution in [2.24, 2.45) is 0 Å². The van der Waals surface area contributed by atoms with Crippen molar-refractivity contribution in [3.8, 4) is 0 Å². The van der Waals surface area contributed by atoms with E-state index >= 15 is 0 Å². The van der Waals surface area contributed by atoms with Crippen molar-refractivity contribution in [2.75, 3.05) is 33.4 Å². The van der Waals surface area contributed by atoms with Gasteiger partial charge in [-0.3, -0.25) is 0 Å². The zero-order valence-corrected chi connectivity index (χ0v) is 22.2. The summed E-state index contributed by atoms with van der Waals surface area (Å²) in [5.41, 5.74) is 1.34. The number of hydrogen-bond donors (Lipinski definition) is 2. The van der Waals surface area contributed by atoms with Crippen molar-refractivity contribution in [1.82, 2.24) is 0 Å². The highest BCUT2D eigenvalue weighted by atomic mass is 16.3. The Balaban J connectivity index is 2.15. The highest BCUT2D eigenvalue weighted by Gasteiger charge is 2.32. The fraction of sp³-hybridized carbons (Fsp3) is 0.800. The Bertz CT molecular complexity index is 527. The smallest absolute Gasteiger partial charge is 0.115 e. The van der Waals surface area contributed by atoms with Crippen LogP contribution < -0.4 is 0 Å². The average Bonchev–Trinajstić information content (AvgIpc) is 2.82. The molecule has 3 heteroatoms. The lowest BCUT2D eigenvalue weighted by Crippen LogP contribution is -2.50. The van der Waals surface area contributed by atoms with E-state index in [0.717, 1.165) is 10.9 Å². The van der Waals surface area contributed by atoms with Crippen LogP contribution in [0, 0.1) is 0 Å². The molecule has 0 fully saturated rings. The Morgan fingerprint density at radius 1 is 0.606 bits per heavy atom. The van der Waals surface area contributed by atoms with E-state index in [1.165, 1.54) is 108 Å². The number of aliphatic hydroxyl groups is 2. The van der Waals surface area contributed by atoms with Gasteiger partial charge >= 0.3 is 0 Å². The summed E-state index contributed by atoms with van der Waals surface area (Å²) in [5.74, 6) is 0. The van der Waals surface area contributed by atoms with Gasteiger partial charge in [0, 0.05) is 12.0 Å². The maximum atomic E-state index is 9.64. The zero-order valence-electron chi connectivity index (χ0n) is 22.2. The standard InChI is InChI=1S/C30H56NO2/c1-3-4-5-6-7-8-9-10-11-12-13-14-15-16-17-21-24-30(29-22-19-18-20-23-29)31(2,25-27-32)26-28-33/h18-20,22-23,30,32-33H,3-17,21,24-28H2,1-2H3/q+1. The summed E-state index contributed by atoms with van der Waals surface area (Å²) in [6.07, 6.45) is 23.4. The third kappa shape index (κ3) is 14.2. The molecule has 0 aliphatic heterocycles. The number of unbranched alkanes of at least 4 members (excludes halogenated alkanes) is 15. The first kappa shape index (κ1) is 30.1.